The number of nitrogens with one attached hydrogen (secondary N) is 1. The lowest BCUT2D eigenvalue weighted by Crippen LogP contribution is -2.23. The molecule has 5 nitrogen and oxygen atoms in total. The molecule has 0 atom stereocenters. The lowest BCUT2D eigenvalue weighted by atomic mass is 10.1. The van der Waals surface area contributed by atoms with E-state index in [0.717, 1.165) is 47.2 Å². The third-order valence-corrected chi connectivity index (χ3v) is 7.84. The Morgan fingerprint density at radius 2 is 1.92 bits per heavy atom. The number of alkyl halides is 3. The van der Waals surface area contributed by atoms with Crippen molar-refractivity contribution < 1.29 is 18.0 Å². The molecule has 0 saturated carbocycles. The molecule has 0 fully saturated rings. The van der Waals surface area contributed by atoms with Crippen LogP contribution in [0.3, 0.4) is 0 Å². The fraction of sp³-hybridized carbons (Fsp3) is 0.240. The molecule has 0 radical (unpaired) electrons. The zero-order valence-corrected chi connectivity index (χ0v) is 21.7. The van der Waals surface area contributed by atoms with Gasteiger partial charge < -0.3 is 5.32 Å². The maximum atomic E-state index is 13.6. The van der Waals surface area contributed by atoms with Gasteiger partial charge in [-0.15, -0.1) is 11.3 Å². The highest BCUT2D eigenvalue weighted by molar-refractivity contribution is 7.99. The summed E-state index contributed by atoms with van der Waals surface area (Å²) in [6, 6.07) is 11.1. The molecule has 0 aliphatic heterocycles. The van der Waals surface area contributed by atoms with Crippen molar-refractivity contribution in [2.75, 3.05) is 11.1 Å². The van der Waals surface area contributed by atoms with Crippen molar-refractivity contribution >= 4 is 56.5 Å². The molecule has 0 spiro atoms. The van der Waals surface area contributed by atoms with Gasteiger partial charge in [-0.1, -0.05) is 42.8 Å². The summed E-state index contributed by atoms with van der Waals surface area (Å²) in [7, 11) is 0. The molecule has 0 saturated heterocycles. The average molecular weight is 552 g/mol. The number of halogens is 4. The second-order valence-corrected chi connectivity index (χ2v) is 10.5. The third kappa shape index (κ3) is 5.61. The molecule has 1 N–H and O–H groups in total. The highest BCUT2D eigenvalue weighted by atomic mass is 35.5. The molecule has 2 aromatic heterocycles. The third-order valence-electron chi connectivity index (χ3n) is 5.40. The number of carbonyl (C=O) groups excluding carboxylic acids is 1. The summed E-state index contributed by atoms with van der Waals surface area (Å²) in [5, 5.41) is 3.83. The van der Waals surface area contributed by atoms with E-state index >= 15 is 0 Å². The number of fused-ring (bicyclic) bond motifs is 1. The highest BCUT2D eigenvalue weighted by Crippen LogP contribution is 2.32. The monoisotopic (exact) mass is 551 g/mol. The number of aryl methyl sites for hydroxylation is 2. The number of carbonyl (C=O) groups is 1. The Labute approximate surface area is 218 Å². The molecule has 0 aliphatic carbocycles. The lowest BCUT2D eigenvalue weighted by Gasteiger charge is -2.13. The first-order valence-electron chi connectivity index (χ1n) is 11.0. The van der Waals surface area contributed by atoms with Crippen molar-refractivity contribution in [2.24, 2.45) is 0 Å². The molecular formula is C25H21ClF3N3O2S2. The standard InChI is InChI=1S/C25H21ClF3N3O2S2/c1-3-5-19-14(2)21-22(36-19)31-24(32(23(21)34)18-10-8-16(26)9-11-18)35-13-20(33)30-17-7-4-6-15(12-17)25(27,28)29/h4,6-12H,3,5,13H2,1-2H3,(H,30,33). The Kier molecular flexibility index (Phi) is 7.77. The first-order chi connectivity index (χ1) is 17.1. The number of hydrogen-bond donors (Lipinski definition) is 1. The van der Waals surface area contributed by atoms with E-state index in [1.54, 1.807) is 24.3 Å². The molecule has 0 unspecified atom stereocenters. The van der Waals surface area contributed by atoms with E-state index in [1.165, 1.54) is 28.0 Å². The molecule has 0 bridgehead atoms. The van der Waals surface area contributed by atoms with Crippen LogP contribution in [0.15, 0.2) is 58.5 Å². The van der Waals surface area contributed by atoms with Crippen LogP contribution in [0.4, 0.5) is 18.9 Å². The molecule has 1 amide bonds. The van der Waals surface area contributed by atoms with Gasteiger partial charge in [0.2, 0.25) is 5.91 Å². The minimum Gasteiger partial charge on any atom is -0.325 e. The van der Waals surface area contributed by atoms with Gasteiger partial charge in [0.05, 0.1) is 22.4 Å². The van der Waals surface area contributed by atoms with Gasteiger partial charge in [-0.2, -0.15) is 13.2 Å². The second-order valence-electron chi connectivity index (χ2n) is 8.01. The number of hydrogen-bond acceptors (Lipinski definition) is 5. The van der Waals surface area contributed by atoms with Crippen LogP contribution in [-0.4, -0.2) is 21.2 Å². The number of aromatic nitrogens is 2. The Bertz CT molecular complexity index is 1480. The summed E-state index contributed by atoms with van der Waals surface area (Å²) in [6.07, 6.45) is -2.76. The average Bonchev–Trinajstić information content (AvgIpc) is 3.14. The molecule has 4 rings (SSSR count). The maximum Gasteiger partial charge on any atom is 0.416 e. The number of thioether (sulfide) groups is 1. The molecule has 188 valence electrons. The predicted octanol–water partition coefficient (Wildman–Crippen LogP) is 7.11. The molecule has 0 aliphatic rings. The van der Waals surface area contributed by atoms with E-state index < -0.39 is 17.6 Å². The molecule has 11 heteroatoms. The van der Waals surface area contributed by atoms with Gasteiger partial charge in [-0.3, -0.25) is 14.2 Å². The number of amides is 1. The first-order valence-corrected chi connectivity index (χ1v) is 13.2. The van der Waals surface area contributed by atoms with Crippen LogP contribution in [0, 0.1) is 6.92 Å². The number of rotatable bonds is 7. The lowest BCUT2D eigenvalue weighted by molar-refractivity contribution is -0.137. The minimum atomic E-state index is -4.51. The highest BCUT2D eigenvalue weighted by Gasteiger charge is 2.30. The van der Waals surface area contributed by atoms with Crippen LogP contribution in [0.25, 0.3) is 15.9 Å². The normalized spacial score (nSPS) is 11.7. The molecular weight excluding hydrogens is 531 g/mol. The van der Waals surface area contributed by atoms with Gasteiger partial charge >= 0.3 is 6.18 Å². The van der Waals surface area contributed by atoms with Crippen LogP contribution in [-0.2, 0) is 17.4 Å². The Morgan fingerprint density at radius 1 is 1.19 bits per heavy atom. The summed E-state index contributed by atoms with van der Waals surface area (Å²) in [5.41, 5.74) is 0.372. The Morgan fingerprint density at radius 3 is 2.58 bits per heavy atom. The summed E-state index contributed by atoms with van der Waals surface area (Å²) < 4.78 is 40.4. The van der Waals surface area contributed by atoms with E-state index in [1.807, 2.05) is 6.92 Å². The molecule has 36 heavy (non-hydrogen) atoms. The number of nitrogens with zero attached hydrogens (tertiary/aromatic N) is 2. The zero-order valence-electron chi connectivity index (χ0n) is 19.3. The van der Waals surface area contributed by atoms with Gasteiger partial charge in [0.1, 0.15) is 4.83 Å². The number of anilines is 1. The number of thiophene rings is 1. The minimum absolute atomic E-state index is 0.0343. The number of benzene rings is 2. The van der Waals surface area contributed by atoms with Gasteiger partial charge in [0.25, 0.3) is 5.56 Å². The van der Waals surface area contributed by atoms with Gasteiger partial charge in [-0.25, -0.2) is 4.98 Å². The fourth-order valence-corrected chi connectivity index (χ4v) is 5.95. The van der Waals surface area contributed by atoms with E-state index in [0.29, 0.717) is 26.1 Å². The fourth-order valence-electron chi connectivity index (χ4n) is 3.69. The van der Waals surface area contributed by atoms with Crippen LogP contribution >= 0.6 is 34.7 Å². The van der Waals surface area contributed by atoms with Crippen molar-refractivity contribution in [2.45, 2.75) is 38.0 Å². The first kappa shape index (κ1) is 26.2. The SMILES string of the molecule is CCCc1sc2nc(SCC(=O)Nc3cccc(C(F)(F)F)c3)n(-c3ccc(Cl)cc3)c(=O)c2c1C. The van der Waals surface area contributed by atoms with Crippen molar-refractivity contribution in [3.05, 3.63) is 79.9 Å². The van der Waals surface area contributed by atoms with Crippen molar-refractivity contribution in [1.82, 2.24) is 9.55 Å². The predicted molar refractivity (Wildman–Crippen MR) is 140 cm³/mol. The van der Waals surface area contributed by atoms with Gasteiger partial charge in [-0.05, 0) is 61.4 Å². The second kappa shape index (κ2) is 10.7. The van der Waals surface area contributed by atoms with Gasteiger partial charge in [0, 0.05) is 15.6 Å². The zero-order chi connectivity index (χ0) is 26.0. The smallest absolute Gasteiger partial charge is 0.325 e. The van der Waals surface area contributed by atoms with Crippen LogP contribution in [0.5, 0.6) is 0 Å². The van der Waals surface area contributed by atoms with Crippen LogP contribution in [0.2, 0.25) is 5.02 Å². The summed E-state index contributed by atoms with van der Waals surface area (Å²) in [5.74, 6) is -0.682. The summed E-state index contributed by atoms with van der Waals surface area (Å²) in [6.45, 7) is 3.97. The van der Waals surface area contributed by atoms with Crippen LogP contribution in [0.1, 0.15) is 29.3 Å². The Hall–Kier alpha value is -2.82. The van der Waals surface area contributed by atoms with Crippen molar-refractivity contribution in [3.8, 4) is 5.69 Å². The van der Waals surface area contributed by atoms with E-state index in [9.17, 15) is 22.8 Å². The molecule has 4 aromatic rings. The van der Waals surface area contributed by atoms with E-state index in [-0.39, 0.29) is 17.0 Å². The summed E-state index contributed by atoms with van der Waals surface area (Å²) >= 11 is 8.52. The quantitative estimate of drug-likeness (QED) is 0.196. The topological polar surface area (TPSA) is 64.0 Å². The van der Waals surface area contributed by atoms with E-state index in [2.05, 4.69) is 12.2 Å². The van der Waals surface area contributed by atoms with Crippen LogP contribution < -0.4 is 10.9 Å². The van der Waals surface area contributed by atoms with E-state index in [4.69, 9.17) is 16.6 Å². The molecule has 2 aromatic carbocycles. The Balaban J connectivity index is 1.67. The maximum absolute atomic E-state index is 13.6. The van der Waals surface area contributed by atoms with Crippen molar-refractivity contribution in [1.29, 1.82) is 0 Å². The molecule has 2 heterocycles. The van der Waals surface area contributed by atoms with Crippen molar-refractivity contribution in [3.63, 3.8) is 0 Å². The summed E-state index contributed by atoms with van der Waals surface area (Å²) in [4.78, 5) is 32.6. The largest absolute Gasteiger partial charge is 0.416 e. The van der Waals surface area contributed by atoms with Gasteiger partial charge in [0.15, 0.2) is 5.16 Å².